The Kier molecular flexibility index (Phi) is 2.36. The zero-order chi connectivity index (χ0) is 11.7. The summed E-state index contributed by atoms with van der Waals surface area (Å²) in [4.78, 5) is 15.8. The van der Waals surface area contributed by atoms with E-state index in [1.807, 2.05) is 12.1 Å². The highest BCUT2D eigenvalue weighted by molar-refractivity contribution is 5.93. The predicted octanol–water partition coefficient (Wildman–Crippen LogP) is 1.36. The molecule has 17 heavy (non-hydrogen) atoms. The maximum atomic E-state index is 11.7. The zero-order valence-corrected chi connectivity index (χ0v) is 9.18. The number of amides is 1. The average Bonchev–Trinajstić information content (AvgIpc) is 3.04. The van der Waals surface area contributed by atoms with Crippen LogP contribution >= 0.6 is 0 Å². The van der Waals surface area contributed by atoms with Crippen molar-refractivity contribution in [3.8, 4) is 11.3 Å². The Labute approximate surface area is 98.3 Å². The highest BCUT2D eigenvalue weighted by Crippen LogP contribution is 2.20. The van der Waals surface area contributed by atoms with Crippen LogP contribution < -0.4 is 5.32 Å². The van der Waals surface area contributed by atoms with Crippen molar-refractivity contribution in [1.29, 1.82) is 0 Å². The molecule has 0 radical (unpaired) electrons. The molecule has 86 valence electrons. The van der Waals surface area contributed by atoms with Crippen LogP contribution in [0, 0.1) is 0 Å². The monoisotopic (exact) mass is 228 g/mol. The molecule has 1 amide bonds. The Balaban J connectivity index is 1.80. The molecule has 0 aromatic carbocycles. The molecule has 1 aliphatic rings. The first-order valence-corrected chi connectivity index (χ1v) is 5.59. The van der Waals surface area contributed by atoms with Gasteiger partial charge in [-0.15, -0.1) is 0 Å². The molecule has 2 N–H and O–H groups in total. The lowest BCUT2D eigenvalue weighted by Crippen LogP contribution is -2.25. The maximum Gasteiger partial charge on any atom is 0.269 e. The summed E-state index contributed by atoms with van der Waals surface area (Å²) in [6.45, 7) is 0. The van der Waals surface area contributed by atoms with E-state index >= 15 is 0 Å². The van der Waals surface area contributed by atoms with Crippen LogP contribution in [0.3, 0.4) is 0 Å². The third-order valence-corrected chi connectivity index (χ3v) is 2.69. The van der Waals surface area contributed by atoms with Crippen LogP contribution in [0.1, 0.15) is 23.3 Å². The van der Waals surface area contributed by atoms with Crippen molar-refractivity contribution in [2.45, 2.75) is 18.9 Å². The molecule has 0 unspecified atom stereocenters. The first-order valence-electron chi connectivity index (χ1n) is 5.59. The van der Waals surface area contributed by atoms with Gasteiger partial charge in [-0.3, -0.25) is 14.9 Å². The SMILES string of the molecule is O=C(NC1CC1)c1cc(-c2cccnc2)n[nH]1. The van der Waals surface area contributed by atoms with E-state index in [-0.39, 0.29) is 5.91 Å². The Morgan fingerprint density at radius 1 is 1.47 bits per heavy atom. The van der Waals surface area contributed by atoms with Gasteiger partial charge in [0.05, 0.1) is 5.69 Å². The molecule has 2 aromatic rings. The number of carbonyl (C=O) groups is 1. The number of rotatable bonds is 3. The summed E-state index contributed by atoms with van der Waals surface area (Å²) in [5.74, 6) is -0.0878. The molecule has 2 aromatic heterocycles. The molecule has 1 aliphatic carbocycles. The van der Waals surface area contributed by atoms with Crippen LogP contribution in [0.15, 0.2) is 30.6 Å². The van der Waals surface area contributed by atoms with Gasteiger partial charge in [0.25, 0.3) is 5.91 Å². The van der Waals surface area contributed by atoms with Gasteiger partial charge in [0.15, 0.2) is 0 Å². The van der Waals surface area contributed by atoms with Crippen molar-refractivity contribution < 1.29 is 4.79 Å². The molecule has 5 heteroatoms. The number of hydrogen-bond acceptors (Lipinski definition) is 3. The van der Waals surface area contributed by atoms with Crippen molar-refractivity contribution in [3.05, 3.63) is 36.3 Å². The molecular weight excluding hydrogens is 216 g/mol. The predicted molar refractivity (Wildman–Crippen MR) is 62.3 cm³/mol. The highest BCUT2D eigenvalue weighted by atomic mass is 16.2. The lowest BCUT2D eigenvalue weighted by Gasteiger charge is -1.98. The minimum Gasteiger partial charge on any atom is -0.348 e. The number of aromatic amines is 1. The van der Waals surface area contributed by atoms with Crippen molar-refractivity contribution >= 4 is 5.91 Å². The lowest BCUT2D eigenvalue weighted by atomic mass is 10.2. The van der Waals surface area contributed by atoms with E-state index < -0.39 is 0 Å². The summed E-state index contributed by atoms with van der Waals surface area (Å²) in [6, 6.07) is 5.85. The van der Waals surface area contributed by atoms with Gasteiger partial charge in [0.2, 0.25) is 0 Å². The Morgan fingerprint density at radius 3 is 3.06 bits per heavy atom. The normalized spacial score (nSPS) is 14.6. The minimum absolute atomic E-state index is 0.0878. The topological polar surface area (TPSA) is 70.7 Å². The van der Waals surface area contributed by atoms with Crippen molar-refractivity contribution in [1.82, 2.24) is 20.5 Å². The van der Waals surface area contributed by atoms with Crippen molar-refractivity contribution in [2.75, 3.05) is 0 Å². The van der Waals surface area contributed by atoms with E-state index in [9.17, 15) is 4.79 Å². The molecule has 1 saturated carbocycles. The third-order valence-electron chi connectivity index (χ3n) is 2.69. The summed E-state index contributed by atoms with van der Waals surface area (Å²) >= 11 is 0. The van der Waals surface area contributed by atoms with Gasteiger partial charge in [-0.1, -0.05) is 0 Å². The average molecular weight is 228 g/mol. The summed E-state index contributed by atoms with van der Waals surface area (Å²) in [6.07, 6.45) is 5.58. The summed E-state index contributed by atoms with van der Waals surface area (Å²) in [5, 5.41) is 9.77. The molecule has 0 saturated heterocycles. The second-order valence-corrected chi connectivity index (χ2v) is 4.16. The van der Waals surface area contributed by atoms with Gasteiger partial charge in [-0.2, -0.15) is 5.10 Å². The summed E-state index contributed by atoms with van der Waals surface area (Å²) in [7, 11) is 0. The van der Waals surface area contributed by atoms with Crippen LogP contribution in [-0.2, 0) is 0 Å². The quantitative estimate of drug-likeness (QED) is 0.833. The van der Waals surface area contributed by atoms with Crippen molar-refractivity contribution in [2.24, 2.45) is 0 Å². The summed E-state index contributed by atoms with van der Waals surface area (Å²) in [5.41, 5.74) is 2.13. The zero-order valence-electron chi connectivity index (χ0n) is 9.18. The second kappa shape index (κ2) is 4.01. The third kappa shape index (κ3) is 2.18. The van der Waals surface area contributed by atoms with Crippen LogP contribution in [0.5, 0.6) is 0 Å². The Hall–Kier alpha value is -2.17. The van der Waals surface area contributed by atoms with Gasteiger partial charge >= 0.3 is 0 Å². The van der Waals surface area contributed by atoms with Gasteiger partial charge in [0.1, 0.15) is 5.69 Å². The number of carbonyl (C=O) groups excluding carboxylic acids is 1. The fourth-order valence-corrected chi connectivity index (χ4v) is 1.59. The number of nitrogens with one attached hydrogen (secondary N) is 2. The van der Waals surface area contributed by atoms with Gasteiger partial charge in [-0.25, -0.2) is 0 Å². The molecule has 0 bridgehead atoms. The number of pyridine rings is 1. The molecule has 2 heterocycles. The van der Waals surface area contributed by atoms with Gasteiger partial charge in [-0.05, 0) is 31.0 Å². The van der Waals surface area contributed by atoms with Gasteiger partial charge in [0, 0.05) is 24.0 Å². The van der Waals surface area contributed by atoms with Crippen LogP contribution in [0.4, 0.5) is 0 Å². The van der Waals surface area contributed by atoms with Gasteiger partial charge < -0.3 is 5.32 Å². The standard InChI is InChI=1S/C12H12N4O/c17-12(14-9-3-4-9)11-6-10(15-16-11)8-2-1-5-13-7-8/h1-2,5-7,9H,3-4H2,(H,14,17)(H,15,16). The smallest absolute Gasteiger partial charge is 0.269 e. The number of hydrogen-bond donors (Lipinski definition) is 2. The second-order valence-electron chi connectivity index (χ2n) is 4.16. The molecular formula is C12H12N4O. The fraction of sp³-hybridized carbons (Fsp3) is 0.250. The van der Waals surface area contributed by atoms with Crippen molar-refractivity contribution in [3.63, 3.8) is 0 Å². The molecule has 0 spiro atoms. The Morgan fingerprint density at radius 2 is 2.35 bits per heavy atom. The van der Waals surface area contributed by atoms with E-state index in [1.54, 1.807) is 18.5 Å². The van der Waals surface area contributed by atoms with E-state index in [0.29, 0.717) is 11.7 Å². The Bertz CT molecular complexity index is 530. The van der Waals surface area contributed by atoms with E-state index in [1.165, 1.54) is 0 Å². The lowest BCUT2D eigenvalue weighted by molar-refractivity contribution is 0.0946. The summed E-state index contributed by atoms with van der Waals surface area (Å²) < 4.78 is 0. The molecule has 5 nitrogen and oxygen atoms in total. The maximum absolute atomic E-state index is 11.7. The first kappa shape index (κ1) is 10.0. The first-order chi connectivity index (χ1) is 8.33. The number of aromatic nitrogens is 3. The number of H-pyrrole nitrogens is 1. The molecule has 0 aliphatic heterocycles. The fourth-order valence-electron chi connectivity index (χ4n) is 1.59. The van der Waals surface area contributed by atoms with Crippen LogP contribution in [0.2, 0.25) is 0 Å². The largest absolute Gasteiger partial charge is 0.348 e. The molecule has 3 rings (SSSR count). The number of nitrogens with zero attached hydrogens (tertiary/aromatic N) is 2. The minimum atomic E-state index is -0.0878. The van der Waals surface area contributed by atoms with E-state index in [0.717, 1.165) is 24.1 Å². The highest BCUT2D eigenvalue weighted by Gasteiger charge is 2.24. The van der Waals surface area contributed by atoms with Crippen LogP contribution in [-0.4, -0.2) is 27.1 Å². The van der Waals surface area contributed by atoms with Crippen LogP contribution in [0.25, 0.3) is 11.3 Å². The molecule has 1 fully saturated rings. The van der Waals surface area contributed by atoms with E-state index in [2.05, 4.69) is 20.5 Å². The van der Waals surface area contributed by atoms with E-state index in [4.69, 9.17) is 0 Å². The molecule has 0 atom stereocenters.